The van der Waals surface area contributed by atoms with Crippen LogP contribution >= 0.6 is 0 Å². The third-order valence-corrected chi connectivity index (χ3v) is 2.72. The molecule has 0 bridgehead atoms. The van der Waals surface area contributed by atoms with Gasteiger partial charge in [0.15, 0.2) is 0 Å². The summed E-state index contributed by atoms with van der Waals surface area (Å²) in [7, 11) is 0. The summed E-state index contributed by atoms with van der Waals surface area (Å²) in [6.07, 6.45) is 1.71. The number of urea groups is 1. The number of hydrogen-bond acceptors (Lipinski definition) is 2. The Bertz CT molecular complexity index is 438. The van der Waals surface area contributed by atoms with Gasteiger partial charge in [0.2, 0.25) is 5.91 Å². The number of nitrogens with two attached hydrogens (primary N) is 1. The second kappa shape index (κ2) is 3.96. The van der Waals surface area contributed by atoms with Gasteiger partial charge >= 0.3 is 6.03 Å². The first-order valence-electron chi connectivity index (χ1n) is 5.30. The van der Waals surface area contributed by atoms with Gasteiger partial charge in [-0.25, -0.2) is 9.69 Å². The Morgan fingerprint density at radius 3 is 2.44 bits per heavy atom. The van der Waals surface area contributed by atoms with Crippen LogP contribution in [-0.4, -0.2) is 11.9 Å². The largest absolute Gasteiger partial charge is 0.351 e. The minimum atomic E-state index is -0.703. The highest BCUT2D eigenvalue weighted by molar-refractivity contribution is 6.15. The molecule has 1 aliphatic rings. The molecule has 1 aromatic rings. The zero-order chi connectivity index (χ0) is 11.7. The summed E-state index contributed by atoms with van der Waals surface area (Å²) in [5.74, 6) is -0.200. The number of amides is 3. The fourth-order valence-electron chi connectivity index (χ4n) is 1.67. The van der Waals surface area contributed by atoms with E-state index in [1.165, 1.54) is 0 Å². The zero-order valence-electron chi connectivity index (χ0n) is 9.14. The third kappa shape index (κ3) is 1.91. The van der Waals surface area contributed by atoms with Crippen molar-refractivity contribution in [3.63, 3.8) is 0 Å². The van der Waals surface area contributed by atoms with Crippen LogP contribution in [0.15, 0.2) is 24.3 Å². The molecular formula is C12H14N2O2. The summed E-state index contributed by atoms with van der Waals surface area (Å²) in [5, 5.41) is 0. The van der Waals surface area contributed by atoms with Crippen molar-refractivity contribution < 1.29 is 9.59 Å². The lowest BCUT2D eigenvalue weighted by Gasteiger charge is -2.20. The molecule has 4 heteroatoms. The molecule has 16 heavy (non-hydrogen) atoms. The normalized spacial score (nSPS) is 14.6. The first-order chi connectivity index (χ1) is 7.61. The number of nitrogens with zero attached hydrogens (tertiary/aromatic N) is 1. The average molecular weight is 218 g/mol. The lowest BCUT2D eigenvalue weighted by atomic mass is 10.1. The van der Waals surface area contributed by atoms with E-state index in [1.54, 1.807) is 12.1 Å². The van der Waals surface area contributed by atoms with Gasteiger partial charge in [-0.1, -0.05) is 18.2 Å². The van der Waals surface area contributed by atoms with Crippen LogP contribution in [-0.2, 0) is 4.79 Å². The predicted octanol–water partition coefficient (Wildman–Crippen LogP) is 1.82. The molecule has 4 nitrogen and oxygen atoms in total. The van der Waals surface area contributed by atoms with Crippen LogP contribution in [0.25, 0.3) is 0 Å². The quantitative estimate of drug-likeness (QED) is 0.822. The van der Waals surface area contributed by atoms with Crippen LogP contribution in [0.1, 0.15) is 18.4 Å². The monoisotopic (exact) mass is 218 g/mol. The zero-order valence-corrected chi connectivity index (χ0v) is 9.14. The third-order valence-electron chi connectivity index (χ3n) is 2.72. The standard InChI is InChI=1S/C12H14N2O2/c1-8-4-2-3-5-10(8)14(12(13)16)11(15)9-6-7-9/h2-5,9H,6-7H2,1H3,(H2,13,16). The number of para-hydroxylation sites is 1. The molecule has 0 aromatic heterocycles. The maximum absolute atomic E-state index is 11.9. The number of hydrogen-bond donors (Lipinski definition) is 1. The van der Waals surface area contributed by atoms with Crippen LogP contribution in [0.5, 0.6) is 0 Å². The SMILES string of the molecule is Cc1ccccc1N(C(N)=O)C(=O)C1CC1. The van der Waals surface area contributed by atoms with E-state index in [4.69, 9.17) is 5.73 Å². The number of benzene rings is 1. The summed E-state index contributed by atoms with van der Waals surface area (Å²) in [6.45, 7) is 1.85. The minimum Gasteiger partial charge on any atom is -0.351 e. The molecule has 0 spiro atoms. The van der Waals surface area contributed by atoms with Crippen LogP contribution in [0.2, 0.25) is 0 Å². The Labute approximate surface area is 94.0 Å². The van der Waals surface area contributed by atoms with Gasteiger partial charge in [-0.3, -0.25) is 4.79 Å². The van der Waals surface area contributed by atoms with Gasteiger partial charge < -0.3 is 5.73 Å². The van der Waals surface area contributed by atoms with E-state index in [9.17, 15) is 9.59 Å². The van der Waals surface area contributed by atoms with E-state index in [0.717, 1.165) is 23.3 Å². The van der Waals surface area contributed by atoms with Crippen LogP contribution in [0.3, 0.4) is 0 Å². The number of imide groups is 1. The fraction of sp³-hybridized carbons (Fsp3) is 0.333. The van der Waals surface area contributed by atoms with Gasteiger partial charge in [0, 0.05) is 5.92 Å². The number of primary amides is 1. The summed E-state index contributed by atoms with van der Waals surface area (Å²) in [4.78, 5) is 24.4. The molecule has 2 N–H and O–H groups in total. The molecule has 3 amide bonds. The lowest BCUT2D eigenvalue weighted by molar-refractivity contribution is -0.119. The summed E-state index contributed by atoms with van der Waals surface area (Å²) in [5.41, 5.74) is 6.73. The highest BCUT2D eigenvalue weighted by Gasteiger charge is 2.36. The molecule has 1 fully saturated rings. The van der Waals surface area contributed by atoms with E-state index < -0.39 is 6.03 Å². The molecule has 84 valence electrons. The highest BCUT2D eigenvalue weighted by Crippen LogP contribution is 2.33. The number of aryl methyl sites for hydroxylation is 1. The van der Waals surface area contributed by atoms with E-state index in [1.807, 2.05) is 19.1 Å². The molecule has 0 atom stereocenters. The Balaban J connectivity index is 2.36. The minimum absolute atomic E-state index is 0.0212. The van der Waals surface area contributed by atoms with Gasteiger partial charge in [0.1, 0.15) is 0 Å². The van der Waals surface area contributed by atoms with Crippen LogP contribution in [0, 0.1) is 12.8 Å². The predicted molar refractivity (Wildman–Crippen MR) is 61.0 cm³/mol. The number of carbonyl (C=O) groups is 2. The first kappa shape index (κ1) is 10.7. The van der Waals surface area contributed by atoms with Crippen molar-refractivity contribution in [3.05, 3.63) is 29.8 Å². The van der Waals surface area contributed by atoms with Crippen LogP contribution in [0.4, 0.5) is 10.5 Å². The molecule has 1 saturated carbocycles. The average Bonchev–Trinajstić information content (AvgIpc) is 3.04. The molecule has 0 unspecified atom stereocenters. The van der Waals surface area contributed by atoms with Crippen molar-refractivity contribution in [2.75, 3.05) is 4.90 Å². The van der Waals surface area contributed by atoms with Crippen molar-refractivity contribution in [2.24, 2.45) is 11.7 Å². The molecular weight excluding hydrogens is 204 g/mol. The van der Waals surface area contributed by atoms with Gasteiger partial charge in [-0.15, -0.1) is 0 Å². The van der Waals surface area contributed by atoms with Crippen molar-refractivity contribution >= 4 is 17.6 Å². The van der Waals surface area contributed by atoms with Gasteiger partial charge in [-0.2, -0.15) is 0 Å². The maximum Gasteiger partial charge on any atom is 0.326 e. The molecule has 0 heterocycles. The van der Waals surface area contributed by atoms with Crippen LogP contribution < -0.4 is 10.6 Å². The van der Waals surface area contributed by atoms with E-state index in [-0.39, 0.29) is 11.8 Å². The lowest BCUT2D eigenvalue weighted by Crippen LogP contribution is -2.42. The topological polar surface area (TPSA) is 63.4 Å². The van der Waals surface area contributed by atoms with E-state index >= 15 is 0 Å². The highest BCUT2D eigenvalue weighted by atomic mass is 16.2. The van der Waals surface area contributed by atoms with Crippen molar-refractivity contribution in [1.29, 1.82) is 0 Å². The number of rotatable bonds is 2. The summed E-state index contributed by atoms with van der Waals surface area (Å²) in [6, 6.07) is 6.54. The number of anilines is 1. The van der Waals surface area contributed by atoms with Gasteiger partial charge in [0.05, 0.1) is 5.69 Å². The second-order valence-corrected chi connectivity index (χ2v) is 4.07. The van der Waals surface area contributed by atoms with E-state index in [0.29, 0.717) is 5.69 Å². The summed E-state index contributed by atoms with van der Waals surface area (Å²) >= 11 is 0. The second-order valence-electron chi connectivity index (χ2n) is 4.07. The summed E-state index contributed by atoms with van der Waals surface area (Å²) < 4.78 is 0. The Morgan fingerprint density at radius 2 is 1.94 bits per heavy atom. The van der Waals surface area contributed by atoms with Gasteiger partial charge in [-0.05, 0) is 31.4 Å². The first-order valence-corrected chi connectivity index (χ1v) is 5.30. The Morgan fingerprint density at radius 1 is 1.31 bits per heavy atom. The molecule has 0 radical (unpaired) electrons. The Kier molecular flexibility index (Phi) is 2.64. The molecule has 0 saturated heterocycles. The Hall–Kier alpha value is -1.84. The van der Waals surface area contributed by atoms with E-state index in [2.05, 4.69) is 0 Å². The van der Waals surface area contributed by atoms with Crippen molar-refractivity contribution in [2.45, 2.75) is 19.8 Å². The maximum atomic E-state index is 11.9. The molecule has 1 aromatic carbocycles. The van der Waals surface area contributed by atoms with Crippen molar-refractivity contribution in [1.82, 2.24) is 0 Å². The van der Waals surface area contributed by atoms with Gasteiger partial charge in [0.25, 0.3) is 0 Å². The van der Waals surface area contributed by atoms with Crippen molar-refractivity contribution in [3.8, 4) is 0 Å². The fourth-order valence-corrected chi connectivity index (χ4v) is 1.67. The number of carbonyl (C=O) groups excluding carboxylic acids is 2. The molecule has 1 aliphatic carbocycles. The molecule has 2 rings (SSSR count). The molecule has 0 aliphatic heterocycles. The smallest absolute Gasteiger partial charge is 0.326 e.